The van der Waals surface area contributed by atoms with E-state index in [4.69, 9.17) is 20.2 Å². The lowest BCUT2D eigenvalue weighted by molar-refractivity contribution is -0.0565. The van der Waals surface area contributed by atoms with Crippen LogP contribution >= 0.6 is 0 Å². The Bertz CT molecular complexity index is 1050. The highest BCUT2D eigenvalue weighted by Crippen LogP contribution is 2.39. The number of ether oxygens (including phenoxy) is 2. The Balaban J connectivity index is 1.46. The number of anilines is 3. The third-order valence-electron chi connectivity index (χ3n) is 7.31. The molecule has 0 spiro atoms. The van der Waals surface area contributed by atoms with Crippen molar-refractivity contribution in [1.82, 2.24) is 19.9 Å². The van der Waals surface area contributed by atoms with Crippen molar-refractivity contribution in [3.05, 3.63) is 17.8 Å². The highest BCUT2D eigenvalue weighted by Gasteiger charge is 2.45. The molecule has 176 valence electrons. The first-order chi connectivity index (χ1) is 15.9. The molecule has 5 aliphatic heterocycles. The van der Waals surface area contributed by atoms with E-state index in [0.717, 1.165) is 32.4 Å². The molecule has 7 heterocycles. The number of piperidine rings is 2. The molecule has 5 aliphatic rings. The van der Waals surface area contributed by atoms with Crippen molar-refractivity contribution in [2.45, 2.75) is 50.4 Å². The molecular formula is C22H27F2N7O2. The fourth-order valence-corrected chi connectivity index (χ4v) is 5.45. The lowest BCUT2D eigenvalue weighted by Gasteiger charge is -2.52. The molecule has 0 saturated carbocycles. The number of hydrogen-bond donors (Lipinski definition) is 1. The van der Waals surface area contributed by atoms with Crippen LogP contribution < -0.4 is 15.5 Å². The third-order valence-corrected chi connectivity index (χ3v) is 7.31. The van der Waals surface area contributed by atoms with Crippen LogP contribution in [0.4, 0.5) is 26.5 Å². The summed E-state index contributed by atoms with van der Waals surface area (Å²) in [5.41, 5.74) is 5.38. The number of hydrogen-bond acceptors (Lipinski definition) is 9. The van der Waals surface area contributed by atoms with Crippen molar-refractivity contribution >= 4 is 17.7 Å². The number of fused-ring (bicyclic) bond motifs is 5. The van der Waals surface area contributed by atoms with E-state index >= 15 is 0 Å². The number of nitrogens with two attached hydrogens (primary N) is 1. The van der Waals surface area contributed by atoms with Gasteiger partial charge in [-0.25, -0.2) is 13.8 Å². The summed E-state index contributed by atoms with van der Waals surface area (Å²) in [6.45, 7) is 5.55. The summed E-state index contributed by atoms with van der Waals surface area (Å²) in [7, 11) is 0. The monoisotopic (exact) mass is 459 g/mol. The minimum atomic E-state index is -2.73. The van der Waals surface area contributed by atoms with Crippen LogP contribution in [0.1, 0.15) is 38.2 Å². The predicted octanol–water partition coefficient (Wildman–Crippen LogP) is 2.44. The maximum absolute atomic E-state index is 13.9. The number of nitrogens with zero attached hydrogens (tertiary/aromatic N) is 6. The molecule has 4 unspecified atom stereocenters. The summed E-state index contributed by atoms with van der Waals surface area (Å²) in [6.07, 6.45) is 1.83. The van der Waals surface area contributed by atoms with Crippen LogP contribution in [0, 0.1) is 5.92 Å². The van der Waals surface area contributed by atoms with Crippen LogP contribution in [0.25, 0.3) is 11.4 Å². The molecule has 0 amide bonds. The lowest BCUT2D eigenvalue weighted by Crippen LogP contribution is -2.63. The molecule has 0 radical (unpaired) electrons. The van der Waals surface area contributed by atoms with Crippen LogP contribution in [0.5, 0.6) is 0 Å². The zero-order valence-electron chi connectivity index (χ0n) is 18.5. The van der Waals surface area contributed by atoms with Gasteiger partial charge in [-0.05, 0) is 32.3 Å². The number of morpholine rings is 1. The van der Waals surface area contributed by atoms with Crippen LogP contribution in [0.3, 0.4) is 0 Å². The maximum Gasteiger partial charge on any atom is 0.264 e. The molecule has 0 aromatic carbocycles. The van der Waals surface area contributed by atoms with Crippen molar-refractivity contribution < 1.29 is 18.3 Å². The molecule has 4 atom stereocenters. The van der Waals surface area contributed by atoms with Crippen LogP contribution in [0.2, 0.25) is 0 Å². The number of alkyl halides is 2. The minimum Gasteiger partial charge on any atom is -0.384 e. The molecule has 11 heteroatoms. The second-order valence-electron chi connectivity index (χ2n) is 9.80. The Labute approximate surface area is 190 Å². The first-order valence-corrected chi connectivity index (χ1v) is 11.4. The van der Waals surface area contributed by atoms with Crippen molar-refractivity contribution in [2.24, 2.45) is 5.92 Å². The van der Waals surface area contributed by atoms with E-state index in [1.807, 2.05) is 0 Å². The Kier molecular flexibility index (Phi) is 4.88. The number of nitrogen functional groups attached to an aromatic ring is 1. The summed E-state index contributed by atoms with van der Waals surface area (Å²) in [6, 6.07) is 1.19. The Morgan fingerprint density at radius 3 is 2.70 bits per heavy atom. The molecule has 2 N–H and O–H groups in total. The second-order valence-corrected chi connectivity index (χ2v) is 9.80. The topological polar surface area (TPSA) is 103 Å². The van der Waals surface area contributed by atoms with Gasteiger partial charge in [0.05, 0.1) is 31.0 Å². The molecule has 9 nitrogen and oxygen atoms in total. The molecule has 2 aromatic heterocycles. The molecule has 5 fully saturated rings. The van der Waals surface area contributed by atoms with Gasteiger partial charge in [-0.15, -0.1) is 0 Å². The van der Waals surface area contributed by atoms with Crippen LogP contribution in [-0.2, 0) is 9.47 Å². The van der Waals surface area contributed by atoms with Gasteiger partial charge in [-0.1, -0.05) is 0 Å². The van der Waals surface area contributed by atoms with Gasteiger partial charge in [0.2, 0.25) is 11.9 Å². The fraction of sp³-hybridized carbons (Fsp3) is 0.636. The van der Waals surface area contributed by atoms with Gasteiger partial charge >= 0.3 is 0 Å². The van der Waals surface area contributed by atoms with Crippen molar-refractivity contribution in [2.75, 3.05) is 48.4 Å². The van der Waals surface area contributed by atoms with E-state index in [0.29, 0.717) is 37.5 Å². The average Bonchev–Trinajstić information content (AvgIpc) is 3.16. The highest BCUT2D eigenvalue weighted by molar-refractivity contribution is 5.64. The summed E-state index contributed by atoms with van der Waals surface area (Å²) >= 11 is 0. The van der Waals surface area contributed by atoms with E-state index in [2.05, 4.69) is 31.7 Å². The fourth-order valence-electron chi connectivity index (χ4n) is 5.45. The Morgan fingerprint density at radius 2 is 1.97 bits per heavy atom. The molecular weight excluding hydrogens is 432 g/mol. The average molecular weight is 460 g/mol. The zero-order valence-corrected chi connectivity index (χ0v) is 18.5. The van der Waals surface area contributed by atoms with Crippen LogP contribution in [0.15, 0.2) is 12.3 Å². The molecule has 5 saturated heterocycles. The van der Waals surface area contributed by atoms with Crippen molar-refractivity contribution in [1.29, 1.82) is 0 Å². The first kappa shape index (κ1) is 20.9. The number of halogens is 2. The lowest BCUT2D eigenvalue weighted by atomic mass is 9.85. The molecule has 33 heavy (non-hydrogen) atoms. The summed E-state index contributed by atoms with van der Waals surface area (Å²) < 4.78 is 39.6. The third kappa shape index (κ3) is 3.67. The second kappa shape index (κ2) is 7.69. The normalized spacial score (nSPS) is 31.0. The number of pyridine rings is 1. The highest BCUT2D eigenvalue weighted by atomic mass is 19.3. The number of rotatable bonds is 4. The smallest absolute Gasteiger partial charge is 0.264 e. The quantitative estimate of drug-likeness (QED) is 0.738. The summed E-state index contributed by atoms with van der Waals surface area (Å²) in [5.74, 6) is 1.60. The van der Waals surface area contributed by atoms with E-state index < -0.39 is 6.43 Å². The summed E-state index contributed by atoms with van der Waals surface area (Å²) in [4.78, 5) is 22.5. The minimum absolute atomic E-state index is 0.0336. The predicted molar refractivity (Wildman–Crippen MR) is 117 cm³/mol. The van der Waals surface area contributed by atoms with Gasteiger partial charge in [-0.3, -0.25) is 0 Å². The molecule has 2 aromatic rings. The van der Waals surface area contributed by atoms with Gasteiger partial charge < -0.3 is 25.0 Å². The maximum atomic E-state index is 13.9. The largest absolute Gasteiger partial charge is 0.384 e. The Hall–Kier alpha value is -2.66. The zero-order chi connectivity index (χ0) is 22.7. The van der Waals surface area contributed by atoms with E-state index in [9.17, 15) is 8.78 Å². The first-order valence-electron chi connectivity index (χ1n) is 11.4. The molecule has 4 bridgehead atoms. The summed E-state index contributed by atoms with van der Waals surface area (Å²) in [5, 5.41) is 0. The van der Waals surface area contributed by atoms with Crippen molar-refractivity contribution in [3.63, 3.8) is 0 Å². The van der Waals surface area contributed by atoms with Gasteiger partial charge in [0, 0.05) is 42.9 Å². The van der Waals surface area contributed by atoms with Crippen molar-refractivity contribution in [3.8, 4) is 11.4 Å². The standard InChI is InChI=1S/C22H27F2N7O2/c1-22-3-2-13(33-11-22)9-31(22)21-28-19(16-6-26-17(25)5-15(16)18(23)24)27-20(29-21)30-7-12-4-14(8-30)32-10-12/h5-6,12-14,18H,2-4,7-11H2,1H3,(H2,25,26). The molecule has 0 aliphatic carbocycles. The number of aromatic nitrogens is 4. The van der Waals surface area contributed by atoms with Crippen LogP contribution in [-0.4, -0.2) is 70.5 Å². The molecule has 7 rings (SSSR count). The van der Waals surface area contributed by atoms with Gasteiger partial charge in [0.15, 0.2) is 5.82 Å². The van der Waals surface area contributed by atoms with Gasteiger partial charge in [-0.2, -0.15) is 15.0 Å². The SMILES string of the molecule is CC12CCC(CN1c1nc(-c3cnc(N)cc3C(F)F)nc(N3CC4COC(C4)C3)n1)OC2. The Morgan fingerprint density at radius 1 is 1.12 bits per heavy atom. The van der Waals surface area contributed by atoms with E-state index in [1.54, 1.807) is 0 Å². The van der Waals surface area contributed by atoms with Gasteiger partial charge in [0.25, 0.3) is 6.43 Å². The van der Waals surface area contributed by atoms with E-state index in [-0.39, 0.29) is 40.5 Å². The van der Waals surface area contributed by atoms with Gasteiger partial charge in [0.1, 0.15) is 5.82 Å². The van der Waals surface area contributed by atoms with E-state index in [1.165, 1.54) is 12.3 Å².